The van der Waals surface area contributed by atoms with E-state index in [-0.39, 0.29) is 6.79 Å². The second-order valence-electron chi connectivity index (χ2n) is 2.79. The largest absolute Gasteiger partial charge is 0.468 e. The highest BCUT2D eigenvalue weighted by Crippen LogP contribution is 2.15. The summed E-state index contributed by atoms with van der Waals surface area (Å²) in [7, 11) is 1.59. The number of nitrogens with two attached hydrogens (primary N) is 1. The Labute approximate surface area is 84.0 Å². The van der Waals surface area contributed by atoms with E-state index in [1.54, 1.807) is 7.11 Å². The maximum absolute atomic E-state index is 5.37. The molecule has 78 valence electrons. The van der Waals surface area contributed by atoms with E-state index < -0.39 is 0 Å². The standard InChI is InChI=1S/C10H16N2O2/c1-13-8-14-10-4-2-9(3-5-10)12-7-6-11/h2-5,12H,6-8,11H2,1H3. The number of benzene rings is 1. The van der Waals surface area contributed by atoms with Crippen molar-refractivity contribution in [2.24, 2.45) is 5.73 Å². The molecule has 0 aromatic heterocycles. The molecule has 3 N–H and O–H groups in total. The molecule has 0 unspecified atom stereocenters. The lowest BCUT2D eigenvalue weighted by atomic mass is 10.3. The molecular weight excluding hydrogens is 180 g/mol. The Morgan fingerprint density at radius 2 is 2.00 bits per heavy atom. The Kier molecular flexibility index (Phi) is 4.82. The van der Waals surface area contributed by atoms with Gasteiger partial charge in [0, 0.05) is 25.9 Å². The summed E-state index contributed by atoms with van der Waals surface area (Å²) in [4.78, 5) is 0. The Bertz CT molecular complexity index is 222. The molecule has 0 radical (unpaired) electrons. The van der Waals surface area contributed by atoms with Crippen LogP contribution in [0.1, 0.15) is 0 Å². The number of anilines is 1. The molecule has 0 aliphatic carbocycles. The van der Waals surface area contributed by atoms with Crippen LogP contribution in [-0.2, 0) is 4.74 Å². The number of nitrogens with one attached hydrogen (secondary N) is 1. The van der Waals surface area contributed by atoms with Crippen molar-refractivity contribution >= 4 is 5.69 Å². The van der Waals surface area contributed by atoms with Gasteiger partial charge in [0.25, 0.3) is 0 Å². The summed E-state index contributed by atoms with van der Waals surface area (Å²) in [6, 6.07) is 7.66. The van der Waals surface area contributed by atoms with Gasteiger partial charge in [-0.3, -0.25) is 0 Å². The average molecular weight is 196 g/mol. The molecule has 1 aromatic carbocycles. The van der Waals surface area contributed by atoms with Crippen LogP contribution in [0.4, 0.5) is 5.69 Å². The lowest BCUT2D eigenvalue weighted by molar-refractivity contribution is 0.0511. The van der Waals surface area contributed by atoms with E-state index in [9.17, 15) is 0 Å². The smallest absolute Gasteiger partial charge is 0.188 e. The molecule has 0 aliphatic rings. The maximum atomic E-state index is 5.37. The molecule has 0 bridgehead atoms. The highest BCUT2D eigenvalue weighted by atomic mass is 16.7. The number of hydrogen-bond donors (Lipinski definition) is 2. The Morgan fingerprint density at radius 1 is 1.29 bits per heavy atom. The minimum atomic E-state index is 0.273. The maximum Gasteiger partial charge on any atom is 0.188 e. The number of methoxy groups -OCH3 is 1. The summed E-state index contributed by atoms with van der Waals surface area (Å²) in [6.07, 6.45) is 0. The fourth-order valence-electron chi connectivity index (χ4n) is 1.01. The minimum absolute atomic E-state index is 0.273. The third-order valence-corrected chi connectivity index (χ3v) is 1.67. The van der Waals surface area contributed by atoms with Crippen molar-refractivity contribution in [2.45, 2.75) is 0 Å². The molecule has 0 saturated carbocycles. The highest BCUT2D eigenvalue weighted by molar-refractivity contribution is 5.46. The predicted molar refractivity (Wildman–Crippen MR) is 56.5 cm³/mol. The van der Waals surface area contributed by atoms with Crippen molar-refractivity contribution in [3.63, 3.8) is 0 Å². The number of rotatable bonds is 6. The Morgan fingerprint density at radius 3 is 2.57 bits per heavy atom. The predicted octanol–water partition coefficient (Wildman–Crippen LogP) is 1.04. The van der Waals surface area contributed by atoms with E-state index in [2.05, 4.69) is 5.32 Å². The number of ether oxygens (including phenoxy) is 2. The monoisotopic (exact) mass is 196 g/mol. The van der Waals surface area contributed by atoms with Gasteiger partial charge < -0.3 is 20.5 Å². The normalized spacial score (nSPS) is 9.86. The molecule has 4 nitrogen and oxygen atoms in total. The third kappa shape index (κ3) is 3.64. The van der Waals surface area contributed by atoms with Crippen LogP contribution in [0.15, 0.2) is 24.3 Å². The molecule has 0 aliphatic heterocycles. The van der Waals surface area contributed by atoms with Crippen LogP contribution in [-0.4, -0.2) is 27.0 Å². The van der Waals surface area contributed by atoms with Gasteiger partial charge in [-0.05, 0) is 24.3 Å². The second kappa shape index (κ2) is 6.23. The van der Waals surface area contributed by atoms with Gasteiger partial charge in [-0.2, -0.15) is 0 Å². The summed E-state index contributed by atoms with van der Waals surface area (Å²) in [5, 5.41) is 3.17. The topological polar surface area (TPSA) is 56.5 Å². The van der Waals surface area contributed by atoms with Crippen LogP contribution < -0.4 is 15.8 Å². The van der Waals surface area contributed by atoms with E-state index >= 15 is 0 Å². The van der Waals surface area contributed by atoms with E-state index in [1.807, 2.05) is 24.3 Å². The fourth-order valence-corrected chi connectivity index (χ4v) is 1.01. The van der Waals surface area contributed by atoms with Crippen molar-refractivity contribution in [2.75, 3.05) is 32.3 Å². The van der Waals surface area contributed by atoms with Gasteiger partial charge >= 0.3 is 0 Å². The molecule has 0 fully saturated rings. The third-order valence-electron chi connectivity index (χ3n) is 1.67. The first kappa shape index (κ1) is 10.8. The van der Waals surface area contributed by atoms with Crippen LogP contribution in [0.25, 0.3) is 0 Å². The van der Waals surface area contributed by atoms with Gasteiger partial charge in [0.15, 0.2) is 6.79 Å². The summed E-state index contributed by atoms with van der Waals surface area (Å²) < 4.78 is 10.0. The lowest BCUT2D eigenvalue weighted by Crippen LogP contribution is -2.12. The molecule has 4 heteroatoms. The van der Waals surface area contributed by atoms with Gasteiger partial charge in [0.1, 0.15) is 5.75 Å². The van der Waals surface area contributed by atoms with Crippen molar-refractivity contribution in [1.29, 1.82) is 0 Å². The van der Waals surface area contributed by atoms with Crippen LogP contribution in [0.5, 0.6) is 5.75 Å². The average Bonchev–Trinajstić information content (AvgIpc) is 2.25. The van der Waals surface area contributed by atoms with Crippen LogP contribution >= 0.6 is 0 Å². The molecule has 0 amide bonds. The zero-order valence-corrected chi connectivity index (χ0v) is 8.32. The minimum Gasteiger partial charge on any atom is -0.468 e. The zero-order chi connectivity index (χ0) is 10.2. The van der Waals surface area contributed by atoms with Crippen molar-refractivity contribution in [1.82, 2.24) is 0 Å². The van der Waals surface area contributed by atoms with E-state index in [0.717, 1.165) is 18.0 Å². The van der Waals surface area contributed by atoms with E-state index in [0.29, 0.717) is 6.54 Å². The van der Waals surface area contributed by atoms with Crippen molar-refractivity contribution in [3.8, 4) is 5.75 Å². The van der Waals surface area contributed by atoms with Gasteiger partial charge in [-0.15, -0.1) is 0 Å². The first-order valence-corrected chi connectivity index (χ1v) is 4.52. The molecule has 0 atom stereocenters. The van der Waals surface area contributed by atoms with Gasteiger partial charge in [0.05, 0.1) is 0 Å². The van der Waals surface area contributed by atoms with E-state index in [1.165, 1.54) is 0 Å². The highest BCUT2D eigenvalue weighted by Gasteiger charge is 1.93. The fraction of sp³-hybridized carbons (Fsp3) is 0.400. The van der Waals surface area contributed by atoms with Crippen LogP contribution in [0.2, 0.25) is 0 Å². The molecular formula is C10H16N2O2. The van der Waals surface area contributed by atoms with Crippen molar-refractivity contribution < 1.29 is 9.47 Å². The molecule has 0 saturated heterocycles. The summed E-state index contributed by atoms with van der Waals surface area (Å²) in [5.74, 6) is 0.796. The van der Waals surface area contributed by atoms with Crippen molar-refractivity contribution in [3.05, 3.63) is 24.3 Å². The molecule has 0 heterocycles. The zero-order valence-electron chi connectivity index (χ0n) is 8.32. The SMILES string of the molecule is COCOc1ccc(NCCN)cc1. The summed E-state index contributed by atoms with van der Waals surface area (Å²) >= 11 is 0. The second-order valence-corrected chi connectivity index (χ2v) is 2.79. The van der Waals surface area contributed by atoms with Gasteiger partial charge in [-0.1, -0.05) is 0 Å². The van der Waals surface area contributed by atoms with Crippen LogP contribution in [0, 0.1) is 0 Å². The summed E-state index contributed by atoms with van der Waals surface area (Å²) in [5.41, 5.74) is 6.41. The lowest BCUT2D eigenvalue weighted by Gasteiger charge is -2.07. The first-order valence-electron chi connectivity index (χ1n) is 4.52. The molecule has 14 heavy (non-hydrogen) atoms. The Hall–Kier alpha value is -1.26. The molecule has 0 spiro atoms. The summed E-state index contributed by atoms with van der Waals surface area (Å²) in [6.45, 7) is 1.68. The molecule has 1 aromatic rings. The number of hydrogen-bond acceptors (Lipinski definition) is 4. The molecule has 1 rings (SSSR count). The van der Waals surface area contributed by atoms with Gasteiger partial charge in [0.2, 0.25) is 0 Å². The van der Waals surface area contributed by atoms with Crippen LogP contribution in [0.3, 0.4) is 0 Å². The first-order chi connectivity index (χ1) is 6.86. The van der Waals surface area contributed by atoms with E-state index in [4.69, 9.17) is 15.2 Å². The Balaban J connectivity index is 2.42. The quantitative estimate of drug-likeness (QED) is 0.667. The van der Waals surface area contributed by atoms with Gasteiger partial charge in [-0.25, -0.2) is 0 Å².